The number of para-hydroxylation sites is 3. The number of aromatic nitrogens is 1. The summed E-state index contributed by atoms with van der Waals surface area (Å²) in [4.78, 5) is 14.1. The van der Waals surface area contributed by atoms with Gasteiger partial charge < -0.3 is 14.2 Å². The molecule has 0 bridgehead atoms. The van der Waals surface area contributed by atoms with Gasteiger partial charge in [0.2, 0.25) is 0 Å². The van der Waals surface area contributed by atoms with E-state index >= 15 is 0 Å². The largest absolute Gasteiger partial charge is 0.496 e. The van der Waals surface area contributed by atoms with E-state index in [1.165, 1.54) is 21.8 Å². The minimum Gasteiger partial charge on any atom is -0.496 e. The molecule has 0 atom stereocenters. The molecule has 248 valence electrons. The van der Waals surface area contributed by atoms with Crippen molar-refractivity contribution in [2.45, 2.75) is 6.61 Å². The molecular weight excluding hydrogens is 637 g/mol. The number of aldehydes is 1. The number of nitrogens with zero attached hydrogens (tertiary/aromatic N) is 2. The van der Waals surface area contributed by atoms with Crippen LogP contribution in [-0.2, 0) is 11.3 Å². The first kappa shape index (κ1) is 31.1. The fourth-order valence-corrected chi connectivity index (χ4v) is 7.29. The molecule has 1 aromatic heterocycles. The summed E-state index contributed by atoms with van der Waals surface area (Å²) >= 11 is 0. The van der Waals surface area contributed by atoms with Crippen LogP contribution in [0.3, 0.4) is 0 Å². The highest BCUT2D eigenvalue weighted by Crippen LogP contribution is 2.39. The van der Waals surface area contributed by atoms with Crippen molar-refractivity contribution in [3.8, 4) is 5.69 Å². The van der Waals surface area contributed by atoms with Crippen LogP contribution in [0, 0.1) is 0 Å². The van der Waals surface area contributed by atoms with Crippen LogP contribution in [0.2, 0.25) is 0 Å². The van der Waals surface area contributed by atoms with Crippen LogP contribution in [0.25, 0.3) is 55.1 Å². The van der Waals surface area contributed by atoms with Crippen molar-refractivity contribution in [3.05, 3.63) is 199 Å². The lowest BCUT2D eigenvalue weighted by Crippen LogP contribution is -2.10. The highest BCUT2D eigenvalue weighted by molar-refractivity contribution is 6.09. The average Bonchev–Trinajstić information content (AvgIpc) is 3.54. The second kappa shape index (κ2) is 13.4. The van der Waals surface area contributed by atoms with Crippen LogP contribution in [0.5, 0.6) is 0 Å². The number of benzene rings is 8. The van der Waals surface area contributed by atoms with Crippen LogP contribution in [0.1, 0.15) is 21.5 Å². The Labute approximate surface area is 302 Å². The van der Waals surface area contributed by atoms with Gasteiger partial charge in [0.25, 0.3) is 0 Å². The molecule has 4 heteroatoms. The molecule has 52 heavy (non-hydrogen) atoms. The summed E-state index contributed by atoms with van der Waals surface area (Å²) in [5, 5.41) is 6.90. The first-order valence-electron chi connectivity index (χ1n) is 17.5. The third-order valence-corrected chi connectivity index (χ3v) is 9.78. The summed E-state index contributed by atoms with van der Waals surface area (Å²) in [6.45, 7) is 0.319. The predicted octanol–water partition coefficient (Wildman–Crippen LogP) is 12.6. The van der Waals surface area contributed by atoms with E-state index in [4.69, 9.17) is 4.74 Å². The molecule has 0 saturated carbocycles. The molecular formula is C48H34N2O2. The molecule has 0 aliphatic rings. The molecule has 0 spiro atoms. The van der Waals surface area contributed by atoms with Crippen LogP contribution >= 0.6 is 0 Å². The summed E-state index contributed by atoms with van der Waals surface area (Å²) in [6.07, 6.45) is 4.57. The number of fused-ring (bicyclic) bond motifs is 5. The number of hydrogen-bond donors (Lipinski definition) is 0. The summed E-state index contributed by atoms with van der Waals surface area (Å²) in [5.41, 5.74) is 9.27. The summed E-state index contributed by atoms with van der Waals surface area (Å²) < 4.78 is 8.27. The Hall–Kier alpha value is -6.91. The van der Waals surface area contributed by atoms with Gasteiger partial charge in [-0.15, -0.1) is 0 Å². The van der Waals surface area contributed by atoms with Gasteiger partial charge in [0.15, 0.2) is 0 Å². The van der Waals surface area contributed by atoms with Crippen LogP contribution < -0.4 is 4.90 Å². The lowest BCUT2D eigenvalue weighted by molar-refractivity contribution is 0.112. The lowest BCUT2D eigenvalue weighted by atomic mass is 10.0. The van der Waals surface area contributed by atoms with Crippen molar-refractivity contribution in [2.75, 3.05) is 4.90 Å². The Bertz CT molecular complexity index is 2730. The van der Waals surface area contributed by atoms with E-state index in [0.717, 1.165) is 61.7 Å². The maximum absolute atomic E-state index is 11.7. The minimum absolute atomic E-state index is 0.319. The number of hydrogen-bond acceptors (Lipinski definition) is 3. The molecule has 0 saturated heterocycles. The van der Waals surface area contributed by atoms with Gasteiger partial charge in [0.1, 0.15) is 12.9 Å². The molecule has 4 nitrogen and oxygen atoms in total. The SMILES string of the molecule is O=Cc1cc2ccccc2cc1COC=Cc1ccc2cc(N(c3ccccc3)c3cccc(-n4c5ccccc5c5ccccc54)c3)ccc2c1. The third-order valence-electron chi connectivity index (χ3n) is 9.78. The van der Waals surface area contributed by atoms with Gasteiger partial charge in [-0.05, 0) is 106 Å². The van der Waals surface area contributed by atoms with Crippen molar-refractivity contribution in [3.63, 3.8) is 0 Å². The van der Waals surface area contributed by atoms with E-state index in [1.54, 1.807) is 6.26 Å². The maximum atomic E-state index is 11.7. The molecule has 9 rings (SSSR count). The Kier molecular flexibility index (Phi) is 8.03. The summed E-state index contributed by atoms with van der Waals surface area (Å²) in [6, 6.07) is 61.6. The van der Waals surface area contributed by atoms with Crippen LogP contribution in [-0.4, -0.2) is 10.9 Å². The molecule has 9 aromatic rings. The normalized spacial score (nSPS) is 11.5. The molecule has 0 amide bonds. The molecule has 0 radical (unpaired) electrons. The van der Waals surface area contributed by atoms with Crippen molar-refractivity contribution < 1.29 is 9.53 Å². The van der Waals surface area contributed by atoms with E-state index in [0.29, 0.717) is 12.2 Å². The standard InChI is InChI=1S/C48H34N2O2/c51-32-39-28-35-11-4-5-12-36(35)29-40(39)33-52-26-25-34-21-22-38-30-44(24-23-37(38)27-34)49(41-13-2-1-3-14-41)42-15-10-16-43(31-42)50-47-19-8-6-17-45(47)46-18-7-9-20-48(46)50/h1-32H,33H2. The van der Waals surface area contributed by atoms with Crippen molar-refractivity contribution in [2.24, 2.45) is 0 Å². The minimum atomic E-state index is 0.319. The summed E-state index contributed by atoms with van der Waals surface area (Å²) in [7, 11) is 0. The highest BCUT2D eigenvalue weighted by atomic mass is 16.5. The van der Waals surface area contributed by atoms with Gasteiger partial charge in [-0.25, -0.2) is 0 Å². The van der Waals surface area contributed by atoms with E-state index in [-0.39, 0.29) is 0 Å². The van der Waals surface area contributed by atoms with Gasteiger partial charge in [-0.3, -0.25) is 4.79 Å². The molecule has 0 aliphatic heterocycles. The number of carbonyl (C=O) groups excluding carboxylic acids is 1. The van der Waals surface area contributed by atoms with Crippen LogP contribution in [0.4, 0.5) is 17.1 Å². The zero-order valence-corrected chi connectivity index (χ0v) is 28.4. The molecule has 0 unspecified atom stereocenters. The summed E-state index contributed by atoms with van der Waals surface area (Å²) in [5.74, 6) is 0. The smallest absolute Gasteiger partial charge is 0.150 e. The number of ether oxygens (including phenoxy) is 1. The zero-order valence-electron chi connectivity index (χ0n) is 28.4. The number of carbonyl (C=O) groups is 1. The van der Waals surface area contributed by atoms with E-state index < -0.39 is 0 Å². The molecule has 8 aromatic carbocycles. The Morgan fingerprint density at radius 2 is 1.13 bits per heavy atom. The van der Waals surface area contributed by atoms with Gasteiger partial charge in [-0.2, -0.15) is 0 Å². The van der Waals surface area contributed by atoms with E-state index in [2.05, 4.69) is 149 Å². The van der Waals surface area contributed by atoms with E-state index in [9.17, 15) is 4.79 Å². The molecule has 1 heterocycles. The van der Waals surface area contributed by atoms with Crippen molar-refractivity contribution in [1.29, 1.82) is 0 Å². The topological polar surface area (TPSA) is 34.5 Å². The zero-order chi connectivity index (χ0) is 34.9. The fraction of sp³-hybridized carbons (Fsp3) is 0.0208. The Balaban J connectivity index is 1.02. The van der Waals surface area contributed by atoms with Gasteiger partial charge in [0.05, 0.1) is 17.3 Å². The lowest BCUT2D eigenvalue weighted by Gasteiger charge is -2.26. The van der Waals surface area contributed by atoms with E-state index in [1.807, 2.05) is 42.5 Å². The number of anilines is 3. The predicted molar refractivity (Wildman–Crippen MR) is 216 cm³/mol. The quantitative estimate of drug-likeness (QED) is 0.113. The first-order valence-corrected chi connectivity index (χ1v) is 17.5. The first-order chi connectivity index (χ1) is 25.7. The highest BCUT2D eigenvalue weighted by Gasteiger charge is 2.16. The second-order valence-electron chi connectivity index (χ2n) is 13.0. The molecule has 0 fully saturated rings. The maximum Gasteiger partial charge on any atom is 0.150 e. The third kappa shape index (κ3) is 5.76. The van der Waals surface area contributed by atoms with Gasteiger partial charge in [-0.1, -0.05) is 103 Å². The van der Waals surface area contributed by atoms with Gasteiger partial charge >= 0.3 is 0 Å². The number of rotatable bonds is 9. The second-order valence-corrected chi connectivity index (χ2v) is 13.0. The Morgan fingerprint density at radius 1 is 0.519 bits per heavy atom. The monoisotopic (exact) mass is 670 g/mol. The van der Waals surface area contributed by atoms with Crippen molar-refractivity contribution >= 4 is 72.8 Å². The fourth-order valence-electron chi connectivity index (χ4n) is 7.29. The Morgan fingerprint density at radius 3 is 1.90 bits per heavy atom. The van der Waals surface area contributed by atoms with Crippen LogP contribution in [0.15, 0.2) is 182 Å². The van der Waals surface area contributed by atoms with Crippen molar-refractivity contribution in [1.82, 2.24) is 4.57 Å². The molecule has 0 aliphatic carbocycles. The molecule has 0 N–H and O–H groups in total. The van der Waals surface area contributed by atoms with Gasteiger partial charge in [0, 0.05) is 44.6 Å². The average molecular weight is 671 g/mol.